The summed E-state index contributed by atoms with van der Waals surface area (Å²) in [5.74, 6) is 0. The van der Waals surface area contributed by atoms with Gasteiger partial charge < -0.3 is 0 Å². The fourth-order valence-corrected chi connectivity index (χ4v) is 0.611. The van der Waals surface area contributed by atoms with Crippen LogP contribution in [-0.2, 0) is 0 Å². The Morgan fingerprint density at radius 3 is 2.25 bits per heavy atom. The molecule has 0 heterocycles. The molecule has 8 heavy (non-hydrogen) atoms. The van der Waals surface area contributed by atoms with Crippen LogP contribution in [0.3, 0.4) is 0 Å². The molecule has 0 fully saturated rings. The van der Waals surface area contributed by atoms with Gasteiger partial charge in [0.25, 0.3) is 0 Å². The topological polar surface area (TPSA) is 12.4 Å². The molecule has 0 spiro atoms. The van der Waals surface area contributed by atoms with Crippen LogP contribution in [0.25, 0.3) is 0 Å². The minimum absolute atomic E-state index is 0.0434. The Labute approximate surface area is 55.0 Å². The van der Waals surface area contributed by atoms with Crippen molar-refractivity contribution in [2.45, 2.75) is 18.6 Å². The SMILES string of the molecule is C=CC(C)(C)SN=C. The molecule has 0 aromatic rings. The Morgan fingerprint density at radius 1 is 1.62 bits per heavy atom. The van der Waals surface area contributed by atoms with Crippen LogP contribution in [0.2, 0.25) is 0 Å². The molecular formula is C6H11NS. The normalized spacial score (nSPS) is 10.8. The summed E-state index contributed by atoms with van der Waals surface area (Å²) in [5.41, 5.74) is 0. The summed E-state index contributed by atoms with van der Waals surface area (Å²) in [6, 6.07) is 0. The third-order valence-corrected chi connectivity index (χ3v) is 1.56. The maximum absolute atomic E-state index is 3.67. The van der Waals surface area contributed by atoms with Gasteiger partial charge in [-0.1, -0.05) is 6.08 Å². The van der Waals surface area contributed by atoms with Crippen LogP contribution in [0, 0.1) is 0 Å². The molecule has 0 radical (unpaired) electrons. The van der Waals surface area contributed by atoms with Gasteiger partial charge in [0.2, 0.25) is 0 Å². The van der Waals surface area contributed by atoms with Crippen LogP contribution in [0.5, 0.6) is 0 Å². The molecule has 0 bridgehead atoms. The van der Waals surface area contributed by atoms with E-state index in [1.165, 1.54) is 11.9 Å². The van der Waals surface area contributed by atoms with Crippen molar-refractivity contribution in [3.05, 3.63) is 12.7 Å². The van der Waals surface area contributed by atoms with Gasteiger partial charge in [0.1, 0.15) is 0 Å². The molecule has 0 aliphatic heterocycles. The van der Waals surface area contributed by atoms with Gasteiger partial charge in [-0.3, -0.25) is 0 Å². The lowest BCUT2D eigenvalue weighted by Gasteiger charge is -2.13. The zero-order chi connectivity index (χ0) is 6.62. The third kappa shape index (κ3) is 2.86. The van der Waals surface area contributed by atoms with E-state index in [0.717, 1.165) is 0 Å². The van der Waals surface area contributed by atoms with Crippen LogP contribution >= 0.6 is 11.9 Å². The van der Waals surface area contributed by atoms with Crippen LogP contribution in [-0.4, -0.2) is 11.5 Å². The molecule has 0 amide bonds. The molecule has 0 rings (SSSR count). The third-order valence-electron chi connectivity index (χ3n) is 0.791. The average molecular weight is 129 g/mol. The predicted molar refractivity (Wildman–Crippen MR) is 41.4 cm³/mol. The Kier molecular flexibility index (Phi) is 2.84. The van der Waals surface area contributed by atoms with Gasteiger partial charge in [-0.25, -0.2) is 4.40 Å². The van der Waals surface area contributed by atoms with E-state index in [0.29, 0.717) is 0 Å². The van der Waals surface area contributed by atoms with Crippen molar-refractivity contribution in [1.82, 2.24) is 0 Å². The maximum Gasteiger partial charge on any atom is 0.0498 e. The largest absolute Gasteiger partial charge is 0.232 e. The number of rotatable bonds is 3. The van der Waals surface area contributed by atoms with Crippen molar-refractivity contribution >= 4 is 18.7 Å². The Balaban J connectivity index is 3.70. The molecule has 0 saturated carbocycles. The molecule has 0 aliphatic carbocycles. The van der Waals surface area contributed by atoms with E-state index < -0.39 is 0 Å². The van der Waals surface area contributed by atoms with E-state index in [2.05, 4.69) is 17.7 Å². The highest BCUT2D eigenvalue weighted by Crippen LogP contribution is 2.24. The average Bonchev–Trinajstić information content (AvgIpc) is 1.67. The monoisotopic (exact) mass is 129 g/mol. The summed E-state index contributed by atoms with van der Waals surface area (Å²) in [7, 11) is 0. The first kappa shape index (κ1) is 7.76. The van der Waals surface area contributed by atoms with Crippen molar-refractivity contribution < 1.29 is 0 Å². The minimum Gasteiger partial charge on any atom is -0.232 e. The standard InChI is InChI=1S/C6H11NS/c1-5-6(2,3)8-7-4/h5H,1,4H2,2-3H3. The zero-order valence-corrected chi connectivity index (χ0v) is 6.16. The second kappa shape index (κ2) is 2.92. The lowest BCUT2D eigenvalue weighted by molar-refractivity contribution is 0.903. The first-order valence-corrected chi connectivity index (χ1v) is 3.17. The Bertz CT molecular complexity index is 96.7. The maximum atomic E-state index is 3.67. The summed E-state index contributed by atoms with van der Waals surface area (Å²) in [6.07, 6.45) is 1.85. The van der Waals surface area contributed by atoms with Gasteiger partial charge in [0.05, 0.1) is 0 Å². The van der Waals surface area contributed by atoms with Crippen molar-refractivity contribution in [2.24, 2.45) is 4.40 Å². The molecular weight excluding hydrogens is 118 g/mol. The molecule has 0 aromatic carbocycles. The molecule has 0 aromatic heterocycles. The van der Waals surface area contributed by atoms with Crippen molar-refractivity contribution in [3.8, 4) is 0 Å². The van der Waals surface area contributed by atoms with Crippen molar-refractivity contribution in [2.75, 3.05) is 0 Å². The smallest absolute Gasteiger partial charge is 0.0498 e. The highest BCUT2D eigenvalue weighted by molar-refractivity contribution is 7.99. The minimum atomic E-state index is 0.0434. The molecule has 46 valence electrons. The fourth-order valence-electron chi connectivity index (χ4n) is 0.204. The Hall–Kier alpha value is -0.240. The van der Waals surface area contributed by atoms with Gasteiger partial charge in [0, 0.05) is 4.75 Å². The summed E-state index contributed by atoms with van der Waals surface area (Å²) >= 11 is 1.43. The molecule has 1 nitrogen and oxygen atoms in total. The van der Waals surface area contributed by atoms with Gasteiger partial charge >= 0.3 is 0 Å². The summed E-state index contributed by atoms with van der Waals surface area (Å²) in [4.78, 5) is 0. The van der Waals surface area contributed by atoms with Crippen LogP contribution in [0.15, 0.2) is 17.1 Å². The summed E-state index contributed by atoms with van der Waals surface area (Å²) in [5, 5.41) is 0. The molecule has 0 atom stereocenters. The van der Waals surface area contributed by atoms with Crippen LogP contribution in [0.4, 0.5) is 0 Å². The molecule has 0 aliphatic rings. The van der Waals surface area contributed by atoms with Gasteiger partial charge in [-0.15, -0.1) is 6.58 Å². The summed E-state index contributed by atoms with van der Waals surface area (Å²) in [6.45, 7) is 11.1. The molecule has 0 unspecified atom stereocenters. The van der Waals surface area contributed by atoms with Gasteiger partial charge in [0.15, 0.2) is 0 Å². The number of hydrogen-bond donors (Lipinski definition) is 0. The highest BCUT2D eigenvalue weighted by Gasteiger charge is 2.11. The van der Waals surface area contributed by atoms with E-state index in [1.807, 2.05) is 19.9 Å². The number of nitrogens with zero attached hydrogens (tertiary/aromatic N) is 1. The quantitative estimate of drug-likeness (QED) is 0.323. The first-order valence-electron chi connectivity index (χ1n) is 2.40. The van der Waals surface area contributed by atoms with Crippen LogP contribution in [0.1, 0.15) is 13.8 Å². The zero-order valence-electron chi connectivity index (χ0n) is 5.35. The second-order valence-electron chi connectivity index (χ2n) is 2.03. The first-order chi connectivity index (χ1) is 3.62. The predicted octanol–water partition coefficient (Wildman–Crippen LogP) is 2.30. The van der Waals surface area contributed by atoms with Crippen molar-refractivity contribution in [3.63, 3.8) is 0 Å². The van der Waals surface area contributed by atoms with E-state index in [4.69, 9.17) is 0 Å². The highest BCUT2D eigenvalue weighted by atomic mass is 32.2. The fraction of sp³-hybridized carbons (Fsp3) is 0.500. The Morgan fingerprint density at radius 2 is 2.12 bits per heavy atom. The van der Waals surface area contributed by atoms with E-state index >= 15 is 0 Å². The van der Waals surface area contributed by atoms with Gasteiger partial charge in [-0.2, -0.15) is 0 Å². The molecule has 0 saturated heterocycles. The van der Waals surface area contributed by atoms with E-state index in [9.17, 15) is 0 Å². The second-order valence-corrected chi connectivity index (χ2v) is 3.52. The lowest BCUT2D eigenvalue weighted by Crippen LogP contribution is -2.06. The van der Waals surface area contributed by atoms with Crippen molar-refractivity contribution in [1.29, 1.82) is 0 Å². The lowest BCUT2D eigenvalue weighted by atomic mass is 10.2. The molecule has 2 heteroatoms. The molecule has 0 N–H and O–H groups in total. The van der Waals surface area contributed by atoms with E-state index in [1.54, 1.807) is 0 Å². The number of hydrogen-bond acceptors (Lipinski definition) is 2. The van der Waals surface area contributed by atoms with Gasteiger partial charge in [-0.05, 0) is 32.5 Å². The summed E-state index contributed by atoms with van der Waals surface area (Å²) < 4.78 is 3.72. The van der Waals surface area contributed by atoms with E-state index in [-0.39, 0.29) is 4.75 Å². The van der Waals surface area contributed by atoms with Crippen LogP contribution < -0.4 is 0 Å².